The van der Waals surface area contributed by atoms with Crippen LogP contribution in [0.1, 0.15) is 16.2 Å². The van der Waals surface area contributed by atoms with Gasteiger partial charge in [0.05, 0.1) is 5.39 Å². The molecule has 3 aromatic rings. The Morgan fingerprint density at radius 3 is 3.00 bits per heavy atom. The monoisotopic (exact) mass is 352 g/mol. The molecule has 8 nitrogen and oxygen atoms in total. The number of nitrogens with one attached hydrogen (secondary N) is 1. The van der Waals surface area contributed by atoms with Gasteiger partial charge in [0.1, 0.15) is 5.82 Å². The molecule has 2 aromatic heterocycles. The number of aromatic nitrogens is 3. The van der Waals surface area contributed by atoms with Crippen LogP contribution in [0.3, 0.4) is 0 Å². The Kier molecular flexibility index (Phi) is 4.00. The highest BCUT2D eigenvalue weighted by atomic mass is 16.7. The lowest BCUT2D eigenvalue weighted by molar-refractivity contribution is 0.0951. The molecule has 1 aliphatic rings. The van der Waals surface area contributed by atoms with Crippen LogP contribution in [-0.2, 0) is 6.54 Å². The molecule has 0 spiro atoms. The van der Waals surface area contributed by atoms with Gasteiger partial charge in [-0.3, -0.25) is 14.2 Å². The normalized spacial score (nSPS) is 12.3. The number of hydrogen-bond donors (Lipinski definition) is 1. The molecule has 1 amide bonds. The van der Waals surface area contributed by atoms with E-state index in [2.05, 4.69) is 15.3 Å². The van der Waals surface area contributed by atoms with E-state index in [-0.39, 0.29) is 18.3 Å². The summed E-state index contributed by atoms with van der Waals surface area (Å²) in [6.07, 6.45) is 1.60. The van der Waals surface area contributed by atoms with Crippen molar-refractivity contribution < 1.29 is 14.3 Å². The van der Waals surface area contributed by atoms with Crippen molar-refractivity contribution in [3.63, 3.8) is 0 Å². The van der Waals surface area contributed by atoms with Crippen LogP contribution in [0.2, 0.25) is 0 Å². The zero-order chi connectivity index (χ0) is 18.1. The summed E-state index contributed by atoms with van der Waals surface area (Å²) in [5.41, 5.74) is 0.729. The summed E-state index contributed by atoms with van der Waals surface area (Å²) in [5.74, 6) is 1.48. The number of carbonyl (C=O) groups excluding carboxylic acids is 1. The van der Waals surface area contributed by atoms with Crippen LogP contribution >= 0.6 is 0 Å². The highest BCUT2D eigenvalue weighted by Gasteiger charge is 2.16. The van der Waals surface area contributed by atoms with Crippen LogP contribution in [0.25, 0.3) is 11.0 Å². The molecule has 0 radical (unpaired) electrons. The number of nitrogens with zero attached hydrogens (tertiary/aromatic N) is 3. The van der Waals surface area contributed by atoms with Crippen LogP contribution in [0.4, 0.5) is 0 Å². The third-order valence-corrected chi connectivity index (χ3v) is 4.18. The van der Waals surface area contributed by atoms with E-state index >= 15 is 0 Å². The van der Waals surface area contributed by atoms with Crippen LogP contribution < -0.4 is 20.3 Å². The maximum absolute atomic E-state index is 12.6. The van der Waals surface area contributed by atoms with E-state index in [0.29, 0.717) is 47.0 Å². The van der Waals surface area contributed by atoms with Crippen molar-refractivity contribution in [2.45, 2.75) is 13.5 Å². The van der Waals surface area contributed by atoms with Gasteiger partial charge < -0.3 is 14.8 Å². The fourth-order valence-corrected chi connectivity index (χ4v) is 2.84. The minimum Gasteiger partial charge on any atom is -0.454 e. The van der Waals surface area contributed by atoms with Gasteiger partial charge in [-0.05, 0) is 37.3 Å². The molecule has 26 heavy (non-hydrogen) atoms. The molecule has 8 heteroatoms. The quantitative estimate of drug-likeness (QED) is 0.759. The molecule has 0 aliphatic carbocycles. The SMILES string of the molecule is Cc1nc2ncccc2c(=O)n1CCNC(=O)c1ccc2c(c1)OCO2. The lowest BCUT2D eigenvalue weighted by atomic mass is 10.2. The molecule has 0 saturated carbocycles. The van der Waals surface area contributed by atoms with E-state index in [1.54, 1.807) is 43.5 Å². The summed E-state index contributed by atoms with van der Waals surface area (Å²) in [4.78, 5) is 33.3. The summed E-state index contributed by atoms with van der Waals surface area (Å²) >= 11 is 0. The van der Waals surface area contributed by atoms with Gasteiger partial charge in [-0.15, -0.1) is 0 Å². The number of amides is 1. The molecule has 0 saturated heterocycles. The Balaban J connectivity index is 1.47. The Hall–Kier alpha value is -3.42. The number of fused-ring (bicyclic) bond motifs is 2. The van der Waals surface area contributed by atoms with E-state index in [1.807, 2.05) is 0 Å². The number of benzene rings is 1. The van der Waals surface area contributed by atoms with Crippen molar-refractivity contribution in [1.29, 1.82) is 0 Å². The first kappa shape index (κ1) is 16.1. The number of ether oxygens (including phenoxy) is 2. The lowest BCUT2D eigenvalue weighted by Crippen LogP contribution is -2.32. The molecule has 132 valence electrons. The number of rotatable bonds is 4. The predicted molar refractivity (Wildman–Crippen MR) is 93.4 cm³/mol. The first-order valence-electron chi connectivity index (χ1n) is 8.13. The zero-order valence-corrected chi connectivity index (χ0v) is 14.1. The second kappa shape index (κ2) is 6.47. The number of hydrogen-bond acceptors (Lipinski definition) is 6. The highest BCUT2D eigenvalue weighted by molar-refractivity contribution is 5.94. The van der Waals surface area contributed by atoms with Gasteiger partial charge in [-0.1, -0.05) is 0 Å². The Labute approximate surface area is 148 Å². The van der Waals surface area contributed by atoms with Gasteiger partial charge >= 0.3 is 0 Å². The van der Waals surface area contributed by atoms with E-state index in [9.17, 15) is 9.59 Å². The molecule has 0 fully saturated rings. The third kappa shape index (κ3) is 2.85. The molecule has 0 unspecified atom stereocenters. The first-order chi connectivity index (χ1) is 12.6. The number of aryl methyl sites for hydroxylation is 1. The first-order valence-corrected chi connectivity index (χ1v) is 8.13. The van der Waals surface area contributed by atoms with Crippen LogP contribution in [0.15, 0.2) is 41.3 Å². The molecule has 1 aromatic carbocycles. The maximum Gasteiger partial charge on any atom is 0.263 e. The summed E-state index contributed by atoms with van der Waals surface area (Å²) in [6, 6.07) is 8.40. The van der Waals surface area contributed by atoms with E-state index in [4.69, 9.17) is 9.47 Å². The largest absolute Gasteiger partial charge is 0.454 e. The van der Waals surface area contributed by atoms with Gasteiger partial charge in [0.2, 0.25) is 6.79 Å². The summed E-state index contributed by atoms with van der Waals surface area (Å²) in [6.45, 7) is 2.52. The molecule has 1 aliphatic heterocycles. The smallest absolute Gasteiger partial charge is 0.263 e. The van der Waals surface area contributed by atoms with Crippen molar-refractivity contribution in [3.8, 4) is 11.5 Å². The van der Waals surface area contributed by atoms with Crippen molar-refractivity contribution in [3.05, 3.63) is 58.3 Å². The number of carbonyl (C=O) groups is 1. The molecule has 0 bridgehead atoms. The minimum atomic E-state index is -0.246. The predicted octanol–water partition coefficient (Wildman–Crippen LogP) is 1.26. The Morgan fingerprint density at radius 2 is 2.12 bits per heavy atom. The maximum atomic E-state index is 12.6. The second-order valence-corrected chi connectivity index (χ2v) is 5.81. The van der Waals surface area contributed by atoms with Crippen LogP contribution in [0.5, 0.6) is 11.5 Å². The average Bonchev–Trinajstić information content (AvgIpc) is 3.12. The summed E-state index contributed by atoms with van der Waals surface area (Å²) in [7, 11) is 0. The molecular weight excluding hydrogens is 336 g/mol. The number of pyridine rings is 1. The van der Waals surface area contributed by atoms with E-state index < -0.39 is 0 Å². The van der Waals surface area contributed by atoms with Gasteiger partial charge in [0.25, 0.3) is 11.5 Å². The highest BCUT2D eigenvalue weighted by Crippen LogP contribution is 2.32. The summed E-state index contributed by atoms with van der Waals surface area (Å²) < 4.78 is 12.0. The van der Waals surface area contributed by atoms with Crippen molar-refractivity contribution in [2.24, 2.45) is 0 Å². The Morgan fingerprint density at radius 1 is 1.27 bits per heavy atom. The Bertz CT molecular complexity index is 1060. The van der Waals surface area contributed by atoms with Gasteiger partial charge in [0, 0.05) is 24.8 Å². The zero-order valence-electron chi connectivity index (χ0n) is 14.1. The van der Waals surface area contributed by atoms with Crippen molar-refractivity contribution >= 4 is 16.9 Å². The fraction of sp³-hybridized carbons (Fsp3) is 0.222. The second-order valence-electron chi connectivity index (χ2n) is 5.81. The van der Waals surface area contributed by atoms with Gasteiger partial charge in [-0.2, -0.15) is 0 Å². The van der Waals surface area contributed by atoms with Crippen molar-refractivity contribution in [2.75, 3.05) is 13.3 Å². The minimum absolute atomic E-state index is 0.159. The topological polar surface area (TPSA) is 95.3 Å². The lowest BCUT2D eigenvalue weighted by Gasteiger charge is -2.11. The van der Waals surface area contributed by atoms with E-state index in [1.165, 1.54) is 4.57 Å². The average molecular weight is 352 g/mol. The van der Waals surface area contributed by atoms with Gasteiger partial charge in [-0.25, -0.2) is 9.97 Å². The van der Waals surface area contributed by atoms with Gasteiger partial charge in [0.15, 0.2) is 17.1 Å². The fourth-order valence-electron chi connectivity index (χ4n) is 2.84. The molecular formula is C18H16N4O4. The van der Waals surface area contributed by atoms with Crippen molar-refractivity contribution in [1.82, 2.24) is 19.9 Å². The molecule has 3 heterocycles. The standard InChI is InChI=1S/C18H16N4O4/c1-11-21-16-13(3-2-6-19-16)18(24)22(11)8-7-20-17(23)12-4-5-14-15(9-12)26-10-25-14/h2-6,9H,7-8,10H2,1H3,(H,20,23). The molecule has 4 rings (SSSR count). The van der Waals surface area contributed by atoms with E-state index in [0.717, 1.165) is 0 Å². The van der Waals surface area contributed by atoms with Crippen LogP contribution in [-0.4, -0.2) is 33.8 Å². The molecule has 1 N–H and O–H groups in total. The third-order valence-electron chi connectivity index (χ3n) is 4.18. The van der Waals surface area contributed by atoms with Crippen LogP contribution in [0, 0.1) is 6.92 Å². The molecule has 0 atom stereocenters. The summed E-state index contributed by atoms with van der Waals surface area (Å²) in [5, 5.41) is 3.26.